The first kappa shape index (κ1) is 22.3. The Bertz CT molecular complexity index is 1180. The van der Waals surface area contributed by atoms with Gasteiger partial charge in [-0.2, -0.15) is 4.98 Å². The molecule has 1 saturated heterocycles. The number of aromatic nitrogens is 2. The van der Waals surface area contributed by atoms with Crippen LogP contribution in [0, 0.1) is 0 Å². The van der Waals surface area contributed by atoms with Gasteiger partial charge in [-0.15, -0.1) is 11.3 Å². The Balaban J connectivity index is 1.07. The van der Waals surface area contributed by atoms with Crippen LogP contribution in [-0.4, -0.2) is 47.1 Å². The predicted octanol–water partition coefficient (Wildman–Crippen LogP) is 4.69. The molecule has 7 nitrogen and oxygen atoms in total. The molecule has 1 amide bonds. The summed E-state index contributed by atoms with van der Waals surface area (Å²) < 4.78 is 5.27. The van der Waals surface area contributed by atoms with Crippen molar-refractivity contribution in [3.63, 3.8) is 0 Å². The third-order valence-corrected chi connectivity index (χ3v) is 6.78. The third-order valence-electron chi connectivity index (χ3n) is 5.91. The minimum Gasteiger partial charge on any atom is -0.369 e. The summed E-state index contributed by atoms with van der Waals surface area (Å²) in [6.07, 6.45) is 0.701. The summed E-state index contributed by atoms with van der Waals surface area (Å²) in [4.78, 5) is 22.6. The lowest BCUT2D eigenvalue weighted by Crippen LogP contribution is -2.45. The molecule has 1 aliphatic rings. The van der Waals surface area contributed by atoms with E-state index in [9.17, 15) is 4.79 Å². The van der Waals surface area contributed by atoms with Gasteiger partial charge in [0.05, 0.1) is 4.88 Å². The van der Waals surface area contributed by atoms with Gasteiger partial charge in [0, 0.05) is 56.9 Å². The quantitative estimate of drug-likeness (QED) is 0.400. The normalized spacial score (nSPS) is 14.3. The van der Waals surface area contributed by atoms with Crippen molar-refractivity contribution in [2.24, 2.45) is 0 Å². The number of hydrogen-bond acceptors (Lipinski definition) is 7. The molecule has 174 valence electrons. The first-order valence-corrected chi connectivity index (χ1v) is 12.4. The maximum Gasteiger partial charge on any atom is 0.227 e. The summed E-state index contributed by atoms with van der Waals surface area (Å²) in [5.74, 6) is 0.973. The number of aryl methyl sites for hydroxylation is 1. The molecule has 1 N–H and O–H groups in total. The van der Waals surface area contributed by atoms with Crippen molar-refractivity contribution in [3.05, 3.63) is 83.6 Å². The first-order chi connectivity index (χ1) is 16.7. The molecular weight excluding hydrogens is 446 g/mol. The topological polar surface area (TPSA) is 74.5 Å². The smallest absolute Gasteiger partial charge is 0.227 e. The van der Waals surface area contributed by atoms with Crippen molar-refractivity contribution < 1.29 is 9.32 Å². The lowest BCUT2D eigenvalue weighted by molar-refractivity contribution is -0.116. The lowest BCUT2D eigenvalue weighted by atomic mass is 10.2. The van der Waals surface area contributed by atoms with Gasteiger partial charge in [-0.1, -0.05) is 41.6 Å². The zero-order chi connectivity index (χ0) is 23.2. The zero-order valence-corrected chi connectivity index (χ0v) is 19.7. The molecule has 0 bridgehead atoms. The molecule has 0 spiro atoms. The number of benzene rings is 2. The number of rotatable bonds is 8. The Hall–Kier alpha value is -3.49. The fourth-order valence-electron chi connectivity index (χ4n) is 4.07. The fourth-order valence-corrected chi connectivity index (χ4v) is 4.72. The van der Waals surface area contributed by atoms with E-state index < -0.39 is 0 Å². The van der Waals surface area contributed by atoms with Crippen LogP contribution in [0.3, 0.4) is 0 Å². The average molecular weight is 474 g/mol. The first-order valence-electron chi connectivity index (χ1n) is 11.5. The Kier molecular flexibility index (Phi) is 6.97. The van der Waals surface area contributed by atoms with Crippen molar-refractivity contribution in [1.82, 2.24) is 15.0 Å². The second-order valence-corrected chi connectivity index (χ2v) is 9.28. The molecule has 2 aromatic carbocycles. The van der Waals surface area contributed by atoms with Gasteiger partial charge in [0.1, 0.15) is 0 Å². The van der Waals surface area contributed by atoms with E-state index in [1.165, 1.54) is 11.3 Å². The molecule has 34 heavy (non-hydrogen) atoms. The second kappa shape index (κ2) is 10.6. The van der Waals surface area contributed by atoms with Crippen LogP contribution in [0.5, 0.6) is 0 Å². The molecule has 0 aliphatic carbocycles. The summed E-state index contributed by atoms with van der Waals surface area (Å²) in [7, 11) is 0. The molecule has 2 aromatic heterocycles. The molecule has 5 rings (SSSR count). The van der Waals surface area contributed by atoms with Crippen molar-refractivity contribution in [2.75, 3.05) is 36.4 Å². The maximum absolute atomic E-state index is 12.4. The summed E-state index contributed by atoms with van der Waals surface area (Å²) in [5.41, 5.74) is 3.34. The predicted molar refractivity (Wildman–Crippen MR) is 135 cm³/mol. The number of carbonyl (C=O) groups excluding carboxylic acids is 1. The van der Waals surface area contributed by atoms with Crippen molar-refractivity contribution >= 4 is 28.6 Å². The SMILES string of the molecule is O=C(CCc1nc(-c2cccs2)no1)Nc1ccc(N2CCN(Cc3ccccc3)CC2)cc1. The van der Waals surface area contributed by atoms with E-state index in [1.54, 1.807) is 11.3 Å². The monoisotopic (exact) mass is 473 g/mol. The van der Waals surface area contributed by atoms with E-state index in [0.717, 1.165) is 43.3 Å². The number of carbonyl (C=O) groups is 1. The molecule has 8 heteroatoms. The van der Waals surface area contributed by atoms with E-state index in [1.807, 2.05) is 29.6 Å². The number of amides is 1. The molecule has 4 aromatic rings. The molecule has 1 aliphatic heterocycles. The summed E-state index contributed by atoms with van der Waals surface area (Å²) in [6, 6.07) is 22.6. The molecule has 0 radical (unpaired) electrons. The van der Waals surface area contributed by atoms with Gasteiger partial charge in [0.2, 0.25) is 17.6 Å². The zero-order valence-electron chi connectivity index (χ0n) is 18.9. The Morgan fingerprint density at radius 2 is 1.76 bits per heavy atom. The van der Waals surface area contributed by atoms with E-state index in [0.29, 0.717) is 18.1 Å². The van der Waals surface area contributed by atoms with Crippen LogP contribution in [0.2, 0.25) is 0 Å². The van der Waals surface area contributed by atoms with E-state index in [2.05, 4.69) is 67.7 Å². The van der Waals surface area contributed by atoms with Gasteiger partial charge < -0.3 is 14.7 Å². The average Bonchev–Trinajstić information content (AvgIpc) is 3.57. The number of piperazine rings is 1. The number of anilines is 2. The van der Waals surface area contributed by atoms with Crippen LogP contribution < -0.4 is 10.2 Å². The minimum absolute atomic E-state index is 0.0712. The number of thiophene rings is 1. The number of hydrogen-bond donors (Lipinski definition) is 1. The Morgan fingerprint density at radius 3 is 2.50 bits per heavy atom. The number of nitrogens with zero attached hydrogens (tertiary/aromatic N) is 4. The van der Waals surface area contributed by atoms with Gasteiger partial charge in [0.15, 0.2) is 0 Å². The fraction of sp³-hybridized carbons (Fsp3) is 0.269. The van der Waals surface area contributed by atoms with Crippen LogP contribution in [0.25, 0.3) is 10.7 Å². The highest BCUT2D eigenvalue weighted by Gasteiger charge is 2.17. The maximum atomic E-state index is 12.4. The lowest BCUT2D eigenvalue weighted by Gasteiger charge is -2.36. The molecule has 0 saturated carbocycles. The van der Waals surface area contributed by atoms with Gasteiger partial charge >= 0.3 is 0 Å². The third kappa shape index (κ3) is 5.70. The van der Waals surface area contributed by atoms with Gasteiger partial charge in [-0.25, -0.2) is 0 Å². The van der Waals surface area contributed by atoms with Gasteiger partial charge in [0.25, 0.3) is 0 Å². The van der Waals surface area contributed by atoms with Crippen LogP contribution in [-0.2, 0) is 17.8 Å². The highest BCUT2D eigenvalue weighted by Crippen LogP contribution is 2.22. The largest absolute Gasteiger partial charge is 0.369 e. The van der Waals surface area contributed by atoms with Crippen LogP contribution in [0.1, 0.15) is 17.9 Å². The van der Waals surface area contributed by atoms with Crippen LogP contribution >= 0.6 is 11.3 Å². The second-order valence-electron chi connectivity index (χ2n) is 8.33. The Labute approximate surface area is 203 Å². The van der Waals surface area contributed by atoms with Crippen LogP contribution in [0.4, 0.5) is 11.4 Å². The van der Waals surface area contributed by atoms with Gasteiger partial charge in [-0.05, 0) is 41.3 Å². The van der Waals surface area contributed by atoms with Gasteiger partial charge in [-0.3, -0.25) is 9.69 Å². The summed E-state index contributed by atoms with van der Waals surface area (Å²) >= 11 is 1.56. The molecule has 1 fully saturated rings. The Morgan fingerprint density at radius 1 is 0.971 bits per heavy atom. The summed E-state index contributed by atoms with van der Waals surface area (Å²) in [6.45, 7) is 5.07. The standard InChI is InChI=1S/C26H27N5O2S/c32-24(12-13-25-28-26(29-33-25)23-7-4-18-34-23)27-21-8-10-22(11-9-21)31-16-14-30(15-17-31)19-20-5-2-1-3-6-20/h1-11,18H,12-17,19H2,(H,27,32). The van der Waals surface area contributed by atoms with E-state index >= 15 is 0 Å². The van der Waals surface area contributed by atoms with E-state index in [-0.39, 0.29) is 12.3 Å². The summed E-state index contributed by atoms with van der Waals surface area (Å²) in [5, 5.41) is 8.91. The molecular formula is C26H27N5O2S. The highest BCUT2D eigenvalue weighted by molar-refractivity contribution is 7.13. The molecule has 0 unspecified atom stereocenters. The minimum atomic E-state index is -0.0712. The van der Waals surface area contributed by atoms with Crippen LogP contribution in [0.15, 0.2) is 76.6 Å². The van der Waals surface area contributed by atoms with Crippen molar-refractivity contribution in [3.8, 4) is 10.7 Å². The van der Waals surface area contributed by atoms with E-state index in [4.69, 9.17) is 4.52 Å². The number of nitrogens with one attached hydrogen (secondary N) is 1. The van der Waals surface area contributed by atoms with Crippen molar-refractivity contribution in [2.45, 2.75) is 19.4 Å². The molecule has 0 atom stereocenters. The van der Waals surface area contributed by atoms with Crippen molar-refractivity contribution in [1.29, 1.82) is 0 Å². The highest BCUT2D eigenvalue weighted by atomic mass is 32.1. The molecule has 3 heterocycles.